The normalized spacial score (nSPS) is 12.1. The average molecular weight is 497 g/mol. The van der Waals surface area contributed by atoms with Crippen molar-refractivity contribution in [2.45, 2.75) is 37.1 Å². The van der Waals surface area contributed by atoms with Crippen molar-refractivity contribution in [1.29, 1.82) is 0 Å². The first-order valence-electron chi connectivity index (χ1n) is 11.5. The van der Waals surface area contributed by atoms with Crippen LogP contribution < -0.4 is 19.5 Å². The minimum atomic E-state index is -3.65. The smallest absolute Gasteiger partial charge is 0.241 e. The molecular formula is C27H32N2O5S. The van der Waals surface area contributed by atoms with Crippen LogP contribution in [0.5, 0.6) is 11.5 Å². The number of benzene rings is 3. The van der Waals surface area contributed by atoms with E-state index < -0.39 is 10.0 Å². The van der Waals surface area contributed by atoms with Gasteiger partial charge in [0.2, 0.25) is 15.9 Å². The lowest BCUT2D eigenvalue weighted by molar-refractivity contribution is -0.121. The fraction of sp³-hybridized carbons (Fsp3) is 0.296. The highest BCUT2D eigenvalue weighted by Crippen LogP contribution is 2.27. The van der Waals surface area contributed by atoms with Crippen LogP contribution >= 0.6 is 0 Å². The molecule has 186 valence electrons. The van der Waals surface area contributed by atoms with E-state index in [-0.39, 0.29) is 16.8 Å². The van der Waals surface area contributed by atoms with Gasteiger partial charge in [0.25, 0.3) is 0 Å². The summed E-state index contributed by atoms with van der Waals surface area (Å²) in [4.78, 5) is 12.4. The average Bonchev–Trinajstić information content (AvgIpc) is 2.87. The van der Waals surface area contributed by atoms with Crippen molar-refractivity contribution in [3.05, 3.63) is 89.5 Å². The highest BCUT2D eigenvalue weighted by Gasteiger charge is 2.18. The highest BCUT2D eigenvalue weighted by molar-refractivity contribution is 7.89. The number of aryl methyl sites for hydroxylation is 1. The molecule has 0 aliphatic rings. The summed E-state index contributed by atoms with van der Waals surface area (Å²) in [7, 11) is -0.468. The Bertz CT molecular complexity index is 1210. The lowest BCUT2D eigenvalue weighted by Crippen LogP contribution is -2.27. The second-order valence-electron chi connectivity index (χ2n) is 8.19. The van der Waals surface area contributed by atoms with E-state index in [4.69, 9.17) is 9.47 Å². The fourth-order valence-electron chi connectivity index (χ4n) is 3.67. The molecule has 0 aromatic heterocycles. The largest absolute Gasteiger partial charge is 0.493 e. The van der Waals surface area contributed by atoms with Gasteiger partial charge >= 0.3 is 0 Å². The number of carbonyl (C=O) groups is 1. The third kappa shape index (κ3) is 7.56. The van der Waals surface area contributed by atoms with E-state index in [1.807, 2.05) is 55.5 Å². The second kappa shape index (κ2) is 12.4. The molecule has 7 nitrogen and oxygen atoms in total. The lowest BCUT2D eigenvalue weighted by Gasteiger charge is -2.15. The fourth-order valence-corrected chi connectivity index (χ4v) is 4.91. The summed E-state index contributed by atoms with van der Waals surface area (Å²) in [5, 5.41) is 2.92. The minimum absolute atomic E-state index is 0.0551. The third-order valence-electron chi connectivity index (χ3n) is 5.69. The molecule has 0 unspecified atom stereocenters. The number of amides is 1. The number of sulfonamides is 1. The van der Waals surface area contributed by atoms with Crippen molar-refractivity contribution in [2.24, 2.45) is 0 Å². The number of ether oxygens (including phenoxy) is 2. The van der Waals surface area contributed by atoms with Crippen LogP contribution in [-0.4, -0.2) is 35.1 Å². The number of carbonyl (C=O) groups excluding carboxylic acids is 1. The molecule has 35 heavy (non-hydrogen) atoms. The van der Waals surface area contributed by atoms with Crippen molar-refractivity contribution in [1.82, 2.24) is 10.0 Å². The van der Waals surface area contributed by atoms with Crippen LogP contribution in [0.1, 0.15) is 36.1 Å². The first kappa shape index (κ1) is 26.2. The van der Waals surface area contributed by atoms with Crippen molar-refractivity contribution in [3.8, 4) is 11.5 Å². The molecule has 0 heterocycles. The number of hydrogen-bond acceptors (Lipinski definition) is 5. The predicted octanol–water partition coefficient (Wildman–Crippen LogP) is 4.03. The molecule has 0 aliphatic heterocycles. The van der Waals surface area contributed by atoms with Gasteiger partial charge in [0.1, 0.15) is 0 Å². The minimum Gasteiger partial charge on any atom is -0.493 e. The van der Waals surface area contributed by atoms with Crippen molar-refractivity contribution in [2.75, 3.05) is 20.8 Å². The Kier molecular flexibility index (Phi) is 9.28. The molecule has 0 fully saturated rings. The maximum atomic E-state index is 12.7. The first-order chi connectivity index (χ1) is 16.8. The number of nitrogens with one attached hydrogen (secondary N) is 2. The highest BCUT2D eigenvalue weighted by atomic mass is 32.2. The van der Waals surface area contributed by atoms with Gasteiger partial charge in [0.15, 0.2) is 11.5 Å². The van der Waals surface area contributed by atoms with E-state index in [2.05, 4.69) is 10.0 Å². The molecule has 0 saturated carbocycles. The van der Waals surface area contributed by atoms with Gasteiger partial charge in [0.05, 0.1) is 19.1 Å². The predicted molar refractivity (Wildman–Crippen MR) is 136 cm³/mol. The van der Waals surface area contributed by atoms with Gasteiger partial charge in [-0.15, -0.1) is 0 Å². The van der Waals surface area contributed by atoms with E-state index in [9.17, 15) is 13.2 Å². The van der Waals surface area contributed by atoms with E-state index in [1.165, 1.54) is 0 Å². The molecule has 3 aromatic rings. The Morgan fingerprint density at radius 2 is 1.51 bits per heavy atom. The van der Waals surface area contributed by atoms with Gasteiger partial charge in [-0.05, 0) is 60.7 Å². The molecule has 0 radical (unpaired) electrons. The summed E-state index contributed by atoms with van der Waals surface area (Å²) < 4.78 is 38.7. The Balaban J connectivity index is 1.46. The van der Waals surface area contributed by atoms with Crippen LogP contribution in [0.2, 0.25) is 0 Å². The lowest BCUT2D eigenvalue weighted by atomic mass is 10.1. The molecule has 0 aliphatic carbocycles. The first-order valence-corrected chi connectivity index (χ1v) is 12.9. The third-order valence-corrected chi connectivity index (χ3v) is 7.25. The van der Waals surface area contributed by atoms with Gasteiger partial charge < -0.3 is 14.8 Å². The van der Waals surface area contributed by atoms with Crippen LogP contribution in [0, 0.1) is 0 Å². The van der Waals surface area contributed by atoms with Gasteiger partial charge in [-0.25, -0.2) is 13.1 Å². The Hall–Kier alpha value is -3.36. The van der Waals surface area contributed by atoms with Gasteiger partial charge in [-0.1, -0.05) is 48.5 Å². The molecule has 1 amide bonds. The summed E-state index contributed by atoms with van der Waals surface area (Å²) in [6.45, 7) is 2.32. The maximum Gasteiger partial charge on any atom is 0.241 e. The van der Waals surface area contributed by atoms with E-state index >= 15 is 0 Å². The van der Waals surface area contributed by atoms with Crippen LogP contribution in [0.15, 0.2) is 77.7 Å². The number of hydrogen-bond donors (Lipinski definition) is 2. The SMILES string of the molecule is COc1ccc(CCNC(=O)CCc2ccc(S(=O)(=O)N[C@H](C)c3ccccc3)cc2)cc1OC. The van der Waals surface area contributed by atoms with E-state index in [1.54, 1.807) is 38.5 Å². The number of rotatable bonds is 12. The van der Waals surface area contributed by atoms with Crippen molar-refractivity contribution >= 4 is 15.9 Å². The Labute approximate surface area is 207 Å². The molecule has 3 rings (SSSR count). The molecule has 0 spiro atoms. The maximum absolute atomic E-state index is 12.7. The van der Waals surface area contributed by atoms with Gasteiger partial charge in [0, 0.05) is 19.0 Å². The standard InChI is InChI=1S/C27H32N2O5S/c1-20(23-7-5-4-6-8-23)29-35(31,32)24-13-9-21(10-14-24)12-16-27(30)28-18-17-22-11-15-25(33-2)26(19-22)34-3/h4-11,13-15,19-20,29H,12,16-18H2,1-3H3,(H,28,30)/t20-/m1/s1. The zero-order valence-corrected chi connectivity index (χ0v) is 21.1. The summed E-state index contributed by atoms with van der Waals surface area (Å²) in [5.74, 6) is 1.27. The Morgan fingerprint density at radius 3 is 2.17 bits per heavy atom. The molecule has 0 bridgehead atoms. The van der Waals surface area contributed by atoms with Crippen LogP contribution in [0.3, 0.4) is 0 Å². The van der Waals surface area contributed by atoms with Gasteiger partial charge in [-0.2, -0.15) is 0 Å². The van der Waals surface area contributed by atoms with Crippen LogP contribution in [-0.2, 0) is 27.7 Å². The van der Waals surface area contributed by atoms with Crippen LogP contribution in [0.25, 0.3) is 0 Å². The summed E-state index contributed by atoms with van der Waals surface area (Å²) in [6.07, 6.45) is 1.52. The van der Waals surface area contributed by atoms with Crippen molar-refractivity contribution in [3.63, 3.8) is 0 Å². The van der Waals surface area contributed by atoms with E-state index in [0.29, 0.717) is 37.3 Å². The van der Waals surface area contributed by atoms with E-state index in [0.717, 1.165) is 16.7 Å². The zero-order chi connectivity index (χ0) is 25.3. The van der Waals surface area contributed by atoms with Gasteiger partial charge in [-0.3, -0.25) is 4.79 Å². The number of methoxy groups -OCH3 is 2. The molecular weight excluding hydrogens is 464 g/mol. The molecule has 2 N–H and O–H groups in total. The zero-order valence-electron chi connectivity index (χ0n) is 20.3. The molecule has 3 aromatic carbocycles. The topological polar surface area (TPSA) is 93.7 Å². The Morgan fingerprint density at radius 1 is 0.857 bits per heavy atom. The quantitative estimate of drug-likeness (QED) is 0.395. The summed E-state index contributed by atoms with van der Waals surface area (Å²) >= 11 is 0. The van der Waals surface area contributed by atoms with Crippen LogP contribution in [0.4, 0.5) is 0 Å². The molecule has 1 atom stereocenters. The molecule has 0 saturated heterocycles. The monoisotopic (exact) mass is 496 g/mol. The van der Waals surface area contributed by atoms with Crippen molar-refractivity contribution < 1.29 is 22.7 Å². The summed E-state index contributed by atoms with van der Waals surface area (Å²) in [6, 6.07) is 21.4. The summed E-state index contributed by atoms with van der Waals surface area (Å²) in [5.41, 5.74) is 2.83. The second-order valence-corrected chi connectivity index (χ2v) is 9.90. The molecule has 8 heteroatoms.